The summed E-state index contributed by atoms with van der Waals surface area (Å²) in [7, 11) is 0. The van der Waals surface area contributed by atoms with E-state index in [0.717, 1.165) is 17.4 Å². The normalized spacial score (nSPS) is 22.9. The molecule has 12 heavy (non-hydrogen) atoms. The molecule has 1 aliphatic heterocycles. The highest BCUT2D eigenvalue weighted by atomic mass is 35.5. The summed E-state index contributed by atoms with van der Waals surface area (Å²) in [6, 6.07) is 7.84. The number of halogens is 1. The predicted molar refractivity (Wildman–Crippen MR) is 52.6 cm³/mol. The minimum atomic E-state index is 0.224. The van der Waals surface area contributed by atoms with Gasteiger partial charge in [0.2, 0.25) is 0 Å². The van der Waals surface area contributed by atoms with Crippen LogP contribution in [-0.2, 0) is 4.74 Å². The molecule has 1 nitrogen and oxygen atoms in total. The maximum absolute atomic E-state index is 5.77. The third kappa shape index (κ3) is 1.76. The highest BCUT2D eigenvalue weighted by Gasteiger charge is 2.17. The lowest BCUT2D eigenvalue weighted by atomic mass is 10.2. The Labute approximate surface area is 81.1 Å². The number of hydrogen-bond acceptors (Lipinski definition) is 2. The summed E-state index contributed by atoms with van der Waals surface area (Å²) in [6.07, 6.45) is 0. The SMILES string of the molecule is Clc1ccc([C@@H]2OCCS2)cc1. The van der Waals surface area contributed by atoms with Crippen LogP contribution in [0.5, 0.6) is 0 Å². The topological polar surface area (TPSA) is 9.23 Å². The van der Waals surface area contributed by atoms with Gasteiger partial charge in [0.25, 0.3) is 0 Å². The zero-order chi connectivity index (χ0) is 8.39. The highest BCUT2D eigenvalue weighted by molar-refractivity contribution is 7.99. The van der Waals surface area contributed by atoms with E-state index in [9.17, 15) is 0 Å². The molecular weight excluding hydrogens is 192 g/mol. The van der Waals surface area contributed by atoms with Crippen LogP contribution in [0.3, 0.4) is 0 Å². The van der Waals surface area contributed by atoms with E-state index in [4.69, 9.17) is 16.3 Å². The van der Waals surface area contributed by atoms with E-state index in [1.807, 2.05) is 36.0 Å². The number of hydrogen-bond donors (Lipinski definition) is 0. The summed E-state index contributed by atoms with van der Waals surface area (Å²) in [4.78, 5) is 0. The molecule has 0 saturated carbocycles. The second-order valence-corrected chi connectivity index (χ2v) is 4.23. The Balaban J connectivity index is 2.17. The molecule has 1 aromatic rings. The monoisotopic (exact) mass is 200 g/mol. The molecule has 1 fully saturated rings. The van der Waals surface area contributed by atoms with Gasteiger partial charge in [-0.1, -0.05) is 23.7 Å². The van der Waals surface area contributed by atoms with Crippen molar-refractivity contribution in [3.05, 3.63) is 34.9 Å². The summed E-state index contributed by atoms with van der Waals surface area (Å²) in [5.41, 5.74) is 1.43. The Morgan fingerprint density at radius 1 is 1.33 bits per heavy atom. The fourth-order valence-corrected chi connectivity index (χ4v) is 2.25. The lowest BCUT2D eigenvalue weighted by Crippen LogP contribution is -1.91. The van der Waals surface area contributed by atoms with Crippen LogP contribution in [0.2, 0.25) is 5.02 Å². The van der Waals surface area contributed by atoms with E-state index in [-0.39, 0.29) is 5.44 Å². The Morgan fingerprint density at radius 3 is 2.67 bits per heavy atom. The van der Waals surface area contributed by atoms with Gasteiger partial charge in [-0.2, -0.15) is 0 Å². The minimum absolute atomic E-state index is 0.224. The number of ether oxygens (including phenoxy) is 1. The van der Waals surface area contributed by atoms with Crippen molar-refractivity contribution in [3.8, 4) is 0 Å². The summed E-state index contributed by atoms with van der Waals surface area (Å²) < 4.78 is 5.50. The van der Waals surface area contributed by atoms with Crippen LogP contribution >= 0.6 is 23.4 Å². The molecular formula is C9H9ClOS. The third-order valence-electron chi connectivity index (χ3n) is 1.76. The number of thioether (sulfide) groups is 1. The molecule has 0 aromatic heterocycles. The lowest BCUT2D eigenvalue weighted by molar-refractivity contribution is 0.145. The first kappa shape index (κ1) is 8.42. The fourth-order valence-electron chi connectivity index (χ4n) is 1.17. The molecule has 1 saturated heterocycles. The molecule has 1 aromatic carbocycles. The van der Waals surface area contributed by atoms with Crippen LogP contribution in [0.4, 0.5) is 0 Å². The third-order valence-corrected chi connectivity index (χ3v) is 3.13. The van der Waals surface area contributed by atoms with Crippen molar-refractivity contribution in [1.29, 1.82) is 0 Å². The predicted octanol–water partition coefficient (Wildman–Crippen LogP) is 3.10. The van der Waals surface area contributed by atoms with Crippen molar-refractivity contribution >= 4 is 23.4 Å². The van der Waals surface area contributed by atoms with Gasteiger partial charge < -0.3 is 4.74 Å². The summed E-state index contributed by atoms with van der Waals surface area (Å²) in [5, 5.41) is 0.779. The van der Waals surface area contributed by atoms with E-state index in [2.05, 4.69) is 0 Å². The van der Waals surface area contributed by atoms with Crippen LogP contribution in [0.25, 0.3) is 0 Å². The van der Waals surface area contributed by atoms with Crippen molar-refractivity contribution in [1.82, 2.24) is 0 Å². The molecule has 0 aliphatic carbocycles. The quantitative estimate of drug-likeness (QED) is 0.689. The number of benzene rings is 1. The van der Waals surface area contributed by atoms with Crippen molar-refractivity contribution in [2.45, 2.75) is 5.44 Å². The molecule has 0 spiro atoms. The second-order valence-electron chi connectivity index (χ2n) is 2.63. The van der Waals surface area contributed by atoms with Crippen molar-refractivity contribution in [3.63, 3.8) is 0 Å². The molecule has 0 bridgehead atoms. The first-order chi connectivity index (χ1) is 5.86. The van der Waals surface area contributed by atoms with Gasteiger partial charge in [-0.25, -0.2) is 0 Å². The van der Waals surface area contributed by atoms with E-state index in [1.54, 1.807) is 0 Å². The molecule has 0 radical (unpaired) electrons. The Hall–Kier alpha value is -0.180. The van der Waals surface area contributed by atoms with Gasteiger partial charge in [0.15, 0.2) is 0 Å². The van der Waals surface area contributed by atoms with Gasteiger partial charge in [-0.05, 0) is 17.7 Å². The van der Waals surface area contributed by atoms with Gasteiger partial charge in [0.05, 0.1) is 6.61 Å². The van der Waals surface area contributed by atoms with Gasteiger partial charge >= 0.3 is 0 Å². The zero-order valence-electron chi connectivity index (χ0n) is 6.50. The first-order valence-electron chi connectivity index (χ1n) is 3.85. The molecule has 1 heterocycles. The maximum atomic E-state index is 5.77. The first-order valence-corrected chi connectivity index (χ1v) is 5.27. The van der Waals surface area contributed by atoms with Gasteiger partial charge in [-0.15, -0.1) is 11.8 Å². The molecule has 1 aliphatic rings. The van der Waals surface area contributed by atoms with E-state index in [1.165, 1.54) is 5.56 Å². The minimum Gasteiger partial charge on any atom is -0.362 e. The van der Waals surface area contributed by atoms with Crippen molar-refractivity contribution < 1.29 is 4.74 Å². The summed E-state index contributed by atoms with van der Waals surface area (Å²) in [6.45, 7) is 0.859. The molecule has 0 amide bonds. The van der Waals surface area contributed by atoms with E-state index in [0.29, 0.717) is 0 Å². The molecule has 0 unspecified atom stereocenters. The standard InChI is InChI=1S/C9H9ClOS/c10-8-3-1-7(2-4-8)9-11-5-6-12-9/h1-4,9H,5-6H2/t9-/m1/s1. The van der Waals surface area contributed by atoms with Gasteiger partial charge in [0.1, 0.15) is 5.44 Å². The van der Waals surface area contributed by atoms with Crippen molar-refractivity contribution in [2.24, 2.45) is 0 Å². The van der Waals surface area contributed by atoms with Crippen molar-refractivity contribution in [2.75, 3.05) is 12.4 Å². The molecule has 3 heteroatoms. The van der Waals surface area contributed by atoms with Gasteiger partial charge in [0, 0.05) is 10.8 Å². The van der Waals surface area contributed by atoms with E-state index < -0.39 is 0 Å². The smallest absolute Gasteiger partial charge is 0.128 e. The van der Waals surface area contributed by atoms with Crippen LogP contribution < -0.4 is 0 Å². The lowest BCUT2D eigenvalue weighted by Gasteiger charge is -2.07. The largest absolute Gasteiger partial charge is 0.362 e. The van der Waals surface area contributed by atoms with E-state index >= 15 is 0 Å². The molecule has 0 N–H and O–H groups in total. The zero-order valence-corrected chi connectivity index (χ0v) is 8.07. The molecule has 64 valence electrons. The van der Waals surface area contributed by atoms with Crippen LogP contribution in [0, 0.1) is 0 Å². The average molecular weight is 201 g/mol. The Morgan fingerprint density at radius 2 is 2.08 bits per heavy atom. The Kier molecular flexibility index (Phi) is 2.59. The average Bonchev–Trinajstić information content (AvgIpc) is 2.58. The number of rotatable bonds is 1. The summed E-state index contributed by atoms with van der Waals surface area (Å²) >= 11 is 7.61. The fraction of sp³-hybridized carbons (Fsp3) is 0.333. The maximum Gasteiger partial charge on any atom is 0.128 e. The van der Waals surface area contributed by atoms with Crippen LogP contribution in [0.1, 0.15) is 11.0 Å². The highest BCUT2D eigenvalue weighted by Crippen LogP contribution is 2.34. The molecule has 1 atom stereocenters. The second kappa shape index (κ2) is 3.69. The van der Waals surface area contributed by atoms with Crippen LogP contribution in [-0.4, -0.2) is 12.4 Å². The summed E-state index contributed by atoms with van der Waals surface area (Å²) in [5.74, 6) is 1.09. The van der Waals surface area contributed by atoms with Gasteiger partial charge in [-0.3, -0.25) is 0 Å². The Bertz CT molecular complexity index is 254. The van der Waals surface area contributed by atoms with Crippen LogP contribution in [0.15, 0.2) is 24.3 Å². The molecule has 2 rings (SSSR count).